The Morgan fingerprint density at radius 3 is 2.48 bits per heavy atom. The average Bonchev–Trinajstić information content (AvgIpc) is 2.76. The predicted molar refractivity (Wildman–Crippen MR) is 86.6 cm³/mol. The second-order valence-corrected chi connectivity index (χ2v) is 6.96. The number of aryl methyl sites for hydroxylation is 2. The predicted octanol–water partition coefficient (Wildman–Crippen LogP) is 3.95. The Bertz CT molecular complexity index is 468. The van der Waals surface area contributed by atoms with Gasteiger partial charge in [0.05, 0.1) is 0 Å². The topological polar surface area (TPSA) is 28.4 Å². The summed E-state index contributed by atoms with van der Waals surface area (Å²) in [4.78, 5) is 2.80. The van der Waals surface area contributed by atoms with Crippen LogP contribution in [0, 0.1) is 13.8 Å². The van der Waals surface area contributed by atoms with Crippen LogP contribution in [-0.4, -0.2) is 29.6 Å². The highest BCUT2D eigenvalue weighted by Crippen LogP contribution is 2.40. The van der Waals surface area contributed by atoms with Gasteiger partial charge < -0.3 is 9.73 Å². The van der Waals surface area contributed by atoms with Crippen LogP contribution in [0.3, 0.4) is 0 Å². The number of rotatable bonds is 4. The van der Waals surface area contributed by atoms with E-state index in [4.69, 9.17) is 4.42 Å². The lowest BCUT2D eigenvalue weighted by atomic mass is 9.80. The highest BCUT2D eigenvalue weighted by atomic mass is 16.3. The molecule has 0 radical (unpaired) electrons. The zero-order chi connectivity index (χ0) is 15.0. The van der Waals surface area contributed by atoms with Gasteiger partial charge in [-0.2, -0.15) is 0 Å². The first-order valence-electron chi connectivity index (χ1n) is 8.68. The van der Waals surface area contributed by atoms with Gasteiger partial charge in [-0.05, 0) is 59.1 Å². The van der Waals surface area contributed by atoms with Crippen molar-refractivity contribution in [2.24, 2.45) is 0 Å². The van der Waals surface area contributed by atoms with Crippen LogP contribution in [0.1, 0.15) is 69.1 Å². The Hall–Kier alpha value is -0.800. The van der Waals surface area contributed by atoms with E-state index in [1.54, 1.807) is 0 Å². The molecule has 2 saturated heterocycles. The standard InChI is InChI=1S/C18H30N2O/c1-5-19-15-10-16-7-6-8-17(11-15)20(16)13(3)18-9-12(2)21-14(18)4/h9,13,15-17,19H,5-8,10-11H2,1-4H3. The lowest BCUT2D eigenvalue weighted by Gasteiger charge is -2.51. The Balaban J connectivity index is 1.80. The molecule has 0 aromatic carbocycles. The number of fused-ring (bicyclic) bond motifs is 2. The molecule has 1 aromatic rings. The summed E-state index contributed by atoms with van der Waals surface area (Å²) in [6.07, 6.45) is 6.74. The highest BCUT2D eigenvalue weighted by molar-refractivity contribution is 5.24. The van der Waals surface area contributed by atoms with E-state index in [1.807, 2.05) is 0 Å². The molecule has 0 aliphatic carbocycles. The van der Waals surface area contributed by atoms with Gasteiger partial charge >= 0.3 is 0 Å². The molecule has 0 saturated carbocycles. The van der Waals surface area contributed by atoms with E-state index in [2.05, 4.69) is 44.0 Å². The zero-order valence-electron chi connectivity index (χ0n) is 14.0. The molecule has 0 amide bonds. The first kappa shape index (κ1) is 15.1. The highest BCUT2D eigenvalue weighted by Gasteiger charge is 2.41. The number of nitrogens with one attached hydrogen (secondary N) is 1. The van der Waals surface area contributed by atoms with Crippen molar-refractivity contribution in [1.29, 1.82) is 0 Å². The van der Waals surface area contributed by atoms with Crippen molar-refractivity contribution in [1.82, 2.24) is 10.2 Å². The molecule has 2 aliphatic rings. The quantitative estimate of drug-likeness (QED) is 0.910. The van der Waals surface area contributed by atoms with E-state index in [9.17, 15) is 0 Å². The van der Waals surface area contributed by atoms with Crippen LogP contribution < -0.4 is 5.32 Å². The third kappa shape index (κ3) is 2.91. The monoisotopic (exact) mass is 290 g/mol. The fourth-order valence-corrected chi connectivity index (χ4v) is 4.73. The van der Waals surface area contributed by atoms with Crippen molar-refractivity contribution < 1.29 is 4.42 Å². The molecule has 3 heteroatoms. The normalized spacial score (nSPS) is 31.3. The molecule has 1 N–H and O–H groups in total. The summed E-state index contributed by atoms with van der Waals surface area (Å²) in [6, 6.07) is 4.94. The summed E-state index contributed by atoms with van der Waals surface area (Å²) in [6.45, 7) is 9.86. The maximum absolute atomic E-state index is 5.77. The van der Waals surface area contributed by atoms with Crippen molar-refractivity contribution in [3.05, 3.63) is 23.2 Å². The minimum atomic E-state index is 0.486. The third-order valence-electron chi connectivity index (χ3n) is 5.50. The van der Waals surface area contributed by atoms with Crippen LogP contribution in [0.25, 0.3) is 0 Å². The number of piperidine rings is 2. The summed E-state index contributed by atoms with van der Waals surface area (Å²) in [7, 11) is 0. The Morgan fingerprint density at radius 2 is 1.95 bits per heavy atom. The second-order valence-electron chi connectivity index (χ2n) is 6.96. The van der Waals surface area contributed by atoms with Gasteiger partial charge in [0.15, 0.2) is 0 Å². The number of hydrogen-bond acceptors (Lipinski definition) is 3. The van der Waals surface area contributed by atoms with E-state index in [0.29, 0.717) is 6.04 Å². The van der Waals surface area contributed by atoms with Gasteiger partial charge in [-0.1, -0.05) is 13.3 Å². The van der Waals surface area contributed by atoms with Crippen LogP contribution in [0.15, 0.2) is 10.5 Å². The molecule has 0 spiro atoms. The van der Waals surface area contributed by atoms with Crippen LogP contribution in [0.4, 0.5) is 0 Å². The van der Waals surface area contributed by atoms with Crippen molar-refractivity contribution in [3.63, 3.8) is 0 Å². The molecule has 3 nitrogen and oxygen atoms in total. The SMILES string of the molecule is CCNC1CC2CCCC(C1)N2C(C)c1cc(C)oc1C. The maximum Gasteiger partial charge on any atom is 0.105 e. The van der Waals surface area contributed by atoms with E-state index in [-0.39, 0.29) is 0 Å². The van der Waals surface area contributed by atoms with Gasteiger partial charge in [0.2, 0.25) is 0 Å². The molecule has 3 unspecified atom stereocenters. The molecule has 1 aromatic heterocycles. The van der Waals surface area contributed by atoms with Gasteiger partial charge in [0.1, 0.15) is 11.5 Å². The molecule has 2 aliphatic heterocycles. The minimum absolute atomic E-state index is 0.486. The summed E-state index contributed by atoms with van der Waals surface area (Å²) in [5, 5.41) is 3.68. The van der Waals surface area contributed by atoms with Crippen molar-refractivity contribution in [2.45, 2.75) is 84.0 Å². The molecular formula is C18H30N2O. The molecule has 2 fully saturated rings. The molecule has 3 rings (SSSR count). The fraction of sp³-hybridized carbons (Fsp3) is 0.778. The Morgan fingerprint density at radius 1 is 1.29 bits per heavy atom. The van der Waals surface area contributed by atoms with E-state index in [1.165, 1.54) is 37.7 Å². The van der Waals surface area contributed by atoms with Crippen molar-refractivity contribution >= 4 is 0 Å². The van der Waals surface area contributed by atoms with Gasteiger partial charge in [-0.3, -0.25) is 4.90 Å². The van der Waals surface area contributed by atoms with Crippen LogP contribution in [-0.2, 0) is 0 Å². The minimum Gasteiger partial charge on any atom is -0.466 e. The number of nitrogens with zero attached hydrogens (tertiary/aromatic N) is 1. The van der Waals surface area contributed by atoms with Gasteiger partial charge in [0, 0.05) is 29.7 Å². The lowest BCUT2D eigenvalue weighted by Crippen LogP contribution is -2.56. The first-order chi connectivity index (χ1) is 10.1. The molecule has 3 atom stereocenters. The van der Waals surface area contributed by atoms with Crippen LogP contribution in [0.5, 0.6) is 0 Å². The van der Waals surface area contributed by atoms with E-state index in [0.717, 1.165) is 36.2 Å². The summed E-state index contributed by atoms with van der Waals surface area (Å²) >= 11 is 0. The fourth-order valence-electron chi connectivity index (χ4n) is 4.73. The van der Waals surface area contributed by atoms with Gasteiger partial charge in [-0.25, -0.2) is 0 Å². The average molecular weight is 290 g/mol. The Kier molecular flexibility index (Phi) is 4.41. The van der Waals surface area contributed by atoms with Crippen molar-refractivity contribution in [3.8, 4) is 0 Å². The maximum atomic E-state index is 5.77. The van der Waals surface area contributed by atoms with Gasteiger partial charge in [0.25, 0.3) is 0 Å². The van der Waals surface area contributed by atoms with Crippen LogP contribution >= 0.6 is 0 Å². The van der Waals surface area contributed by atoms with Gasteiger partial charge in [-0.15, -0.1) is 0 Å². The molecule has 118 valence electrons. The summed E-state index contributed by atoms with van der Waals surface area (Å²) < 4.78 is 5.77. The largest absolute Gasteiger partial charge is 0.466 e. The van der Waals surface area contributed by atoms with Crippen LogP contribution in [0.2, 0.25) is 0 Å². The number of hydrogen-bond donors (Lipinski definition) is 1. The zero-order valence-corrected chi connectivity index (χ0v) is 14.0. The summed E-state index contributed by atoms with van der Waals surface area (Å²) in [5.74, 6) is 2.15. The smallest absolute Gasteiger partial charge is 0.105 e. The lowest BCUT2D eigenvalue weighted by molar-refractivity contribution is -0.00638. The van der Waals surface area contributed by atoms with E-state index >= 15 is 0 Å². The molecule has 2 bridgehead atoms. The Labute approximate surface area is 129 Å². The van der Waals surface area contributed by atoms with E-state index < -0.39 is 0 Å². The van der Waals surface area contributed by atoms with Crippen molar-refractivity contribution in [2.75, 3.05) is 6.54 Å². The summed E-state index contributed by atoms with van der Waals surface area (Å²) in [5.41, 5.74) is 1.39. The second kappa shape index (κ2) is 6.13. The molecule has 3 heterocycles. The number of furan rings is 1. The molecular weight excluding hydrogens is 260 g/mol. The molecule has 21 heavy (non-hydrogen) atoms. The third-order valence-corrected chi connectivity index (χ3v) is 5.50. The first-order valence-corrected chi connectivity index (χ1v) is 8.68.